The predicted molar refractivity (Wildman–Crippen MR) is 508 cm³/mol. The van der Waals surface area contributed by atoms with Crippen LogP contribution in [0.25, 0.3) is 238 Å². The number of para-hydroxylation sites is 2. The molecular formula is C111H66ClN11O2. The van der Waals surface area contributed by atoms with Crippen LogP contribution in [0.15, 0.2) is 397 Å². The van der Waals surface area contributed by atoms with Crippen LogP contribution in [0.4, 0.5) is 0 Å². The first kappa shape index (κ1) is 72.4. The standard InChI is InChI=1S/C55H32N6O.C38H23N3O.C18H11ClN2/c1-4-17-34(18-5-1)48-43-31-28-33-16-10-11-23-38(33)49(43)57-55(56-48)61-44-32-37(54-59-52(35-19-6-2-7-20-35)58-53(60-54)36-21-8-3-9-22-36)29-30-41(44)46-47-42-26-14-15-27-45(42)62-51(47)40-25-13-12-24-39(40)50(46)61;1-3-11-23(12-4-1)36-39-37(24-13-5-2-6-14-24)41-38(40-36)25-19-20-27-26(21-25)22-31-28-15-7-8-16-29(28)35-34(33(27)31)30-17-9-10-18-32(30)42-35;19-18-20-16(13-7-2-1-3-8-13)15-11-10-12-6-4-5-9-14(12)17(15)21-18/h1-32H;1-21H,22H2;1-11H. The first-order valence-corrected chi connectivity index (χ1v) is 42.0. The summed E-state index contributed by atoms with van der Waals surface area (Å²) in [6.07, 6.45) is 0.844. The summed E-state index contributed by atoms with van der Waals surface area (Å²) in [7, 11) is 0. The van der Waals surface area contributed by atoms with E-state index in [2.05, 4.69) is 215 Å². The molecule has 0 atom stereocenters. The molecule has 1 aliphatic carbocycles. The summed E-state index contributed by atoms with van der Waals surface area (Å²) < 4.78 is 15.5. The highest BCUT2D eigenvalue weighted by Gasteiger charge is 2.31. The Bertz CT molecular complexity index is 8530. The molecule has 14 heteroatoms. The topological polar surface area (TPSA) is 160 Å². The maximum absolute atomic E-state index is 6.76. The van der Waals surface area contributed by atoms with Crippen LogP contribution in [0.5, 0.6) is 0 Å². The summed E-state index contributed by atoms with van der Waals surface area (Å²) in [6.45, 7) is 0. The summed E-state index contributed by atoms with van der Waals surface area (Å²) in [4.78, 5) is 50.1. The van der Waals surface area contributed by atoms with Gasteiger partial charge < -0.3 is 8.83 Å². The highest BCUT2D eigenvalue weighted by molar-refractivity contribution is 6.36. The molecule has 0 spiro atoms. The largest absolute Gasteiger partial charge is 0.455 e. The van der Waals surface area contributed by atoms with E-state index in [1.54, 1.807) is 0 Å². The minimum atomic E-state index is 0.276. The van der Waals surface area contributed by atoms with Gasteiger partial charge in [-0.3, -0.25) is 4.57 Å². The van der Waals surface area contributed by atoms with E-state index in [9.17, 15) is 0 Å². The fraction of sp³-hybridized carbons (Fsp3) is 0.00901. The van der Waals surface area contributed by atoms with Crippen molar-refractivity contribution < 1.29 is 8.83 Å². The lowest BCUT2D eigenvalue weighted by Crippen LogP contribution is -2.04. The van der Waals surface area contributed by atoms with Crippen molar-refractivity contribution in [2.24, 2.45) is 0 Å². The number of hydrogen-bond donors (Lipinski definition) is 0. The number of benzene rings is 18. The second-order valence-corrected chi connectivity index (χ2v) is 31.6. The number of halogens is 1. The molecule has 125 heavy (non-hydrogen) atoms. The van der Waals surface area contributed by atoms with E-state index in [0.29, 0.717) is 40.9 Å². The van der Waals surface area contributed by atoms with Gasteiger partial charge in [0.05, 0.1) is 33.5 Å². The summed E-state index contributed by atoms with van der Waals surface area (Å²) in [5, 5.41) is 17.7. The minimum absolute atomic E-state index is 0.276. The molecule has 26 rings (SSSR count). The zero-order valence-corrected chi connectivity index (χ0v) is 67.5. The van der Waals surface area contributed by atoms with Crippen molar-refractivity contribution in [3.05, 3.63) is 405 Å². The van der Waals surface area contributed by atoms with E-state index in [0.717, 1.165) is 182 Å². The van der Waals surface area contributed by atoms with Gasteiger partial charge in [0, 0.05) is 115 Å². The lowest BCUT2D eigenvalue weighted by Gasteiger charge is -2.14. The van der Waals surface area contributed by atoms with Crippen LogP contribution in [0, 0.1) is 0 Å². The molecule has 1 aliphatic rings. The Kier molecular flexibility index (Phi) is 17.4. The van der Waals surface area contributed by atoms with Crippen molar-refractivity contribution >= 4 is 142 Å². The first-order chi connectivity index (χ1) is 61.9. The Morgan fingerprint density at radius 2 is 0.632 bits per heavy atom. The molecule has 0 fully saturated rings. The molecule has 13 nitrogen and oxygen atoms in total. The van der Waals surface area contributed by atoms with Gasteiger partial charge >= 0.3 is 0 Å². The molecule has 0 radical (unpaired) electrons. The molecule has 0 bridgehead atoms. The quantitative estimate of drug-likeness (QED) is 0.0995. The Morgan fingerprint density at radius 3 is 1.14 bits per heavy atom. The molecule has 0 saturated carbocycles. The number of rotatable bonds is 9. The van der Waals surface area contributed by atoms with Crippen LogP contribution in [0.2, 0.25) is 5.28 Å². The molecule has 0 amide bonds. The normalized spacial score (nSPS) is 11.8. The van der Waals surface area contributed by atoms with Gasteiger partial charge in [0.15, 0.2) is 34.9 Å². The van der Waals surface area contributed by atoms with E-state index in [-0.39, 0.29) is 5.28 Å². The second-order valence-electron chi connectivity index (χ2n) is 31.3. The van der Waals surface area contributed by atoms with Crippen LogP contribution in [0.3, 0.4) is 0 Å². The fourth-order valence-corrected chi connectivity index (χ4v) is 18.5. The van der Waals surface area contributed by atoms with Crippen LogP contribution in [-0.4, -0.2) is 54.4 Å². The minimum Gasteiger partial charge on any atom is -0.455 e. The maximum Gasteiger partial charge on any atom is 0.235 e. The van der Waals surface area contributed by atoms with Crippen LogP contribution < -0.4 is 0 Å². The monoisotopic (exact) mass is 1620 g/mol. The molecule has 7 aromatic heterocycles. The zero-order chi connectivity index (χ0) is 82.6. The van der Waals surface area contributed by atoms with Crippen molar-refractivity contribution in [2.75, 3.05) is 0 Å². The van der Waals surface area contributed by atoms with E-state index in [1.165, 1.54) is 33.0 Å². The number of nitrogens with zero attached hydrogens (tertiary/aromatic N) is 11. The third kappa shape index (κ3) is 12.5. The average molecular weight is 1620 g/mol. The average Bonchev–Trinajstić information content (AvgIpc) is 1.54. The molecule has 584 valence electrons. The molecule has 0 N–H and O–H groups in total. The highest BCUT2D eigenvalue weighted by atomic mass is 35.5. The van der Waals surface area contributed by atoms with Crippen LogP contribution in [-0.2, 0) is 6.42 Å². The third-order valence-corrected chi connectivity index (χ3v) is 24.1. The number of hydrogen-bond acceptors (Lipinski definition) is 12. The van der Waals surface area contributed by atoms with Crippen molar-refractivity contribution in [3.8, 4) is 108 Å². The lowest BCUT2D eigenvalue weighted by molar-refractivity contribution is 0.672. The van der Waals surface area contributed by atoms with Crippen LogP contribution in [0.1, 0.15) is 11.1 Å². The smallest absolute Gasteiger partial charge is 0.235 e. The van der Waals surface area contributed by atoms with Gasteiger partial charge in [0.1, 0.15) is 22.3 Å². The molecule has 0 unspecified atom stereocenters. The molecule has 7 heterocycles. The van der Waals surface area contributed by atoms with Gasteiger partial charge in [-0.2, -0.15) is 0 Å². The van der Waals surface area contributed by atoms with Crippen molar-refractivity contribution in [1.82, 2.24) is 54.4 Å². The van der Waals surface area contributed by atoms with Gasteiger partial charge in [-0.25, -0.2) is 49.8 Å². The van der Waals surface area contributed by atoms with Gasteiger partial charge in [0.2, 0.25) is 11.2 Å². The highest BCUT2D eigenvalue weighted by Crippen LogP contribution is 2.52. The lowest BCUT2D eigenvalue weighted by atomic mass is 9.94. The summed E-state index contributed by atoms with van der Waals surface area (Å²) in [6, 6.07) is 133. The molecule has 25 aromatic rings. The summed E-state index contributed by atoms with van der Waals surface area (Å²) in [5.74, 6) is 4.34. The third-order valence-electron chi connectivity index (χ3n) is 24.0. The van der Waals surface area contributed by atoms with Gasteiger partial charge in [-0.15, -0.1) is 0 Å². The molecule has 0 aliphatic heterocycles. The van der Waals surface area contributed by atoms with Crippen molar-refractivity contribution in [3.63, 3.8) is 0 Å². The first-order valence-electron chi connectivity index (χ1n) is 41.6. The van der Waals surface area contributed by atoms with Crippen molar-refractivity contribution in [1.29, 1.82) is 0 Å². The Balaban J connectivity index is 0.000000119. The number of aromatic nitrogens is 11. The van der Waals surface area contributed by atoms with E-state index in [4.69, 9.17) is 60.3 Å². The fourth-order valence-electron chi connectivity index (χ4n) is 18.3. The van der Waals surface area contributed by atoms with Gasteiger partial charge in [0.25, 0.3) is 0 Å². The van der Waals surface area contributed by atoms with E-state index >= 15 is 0 Å². The molecule has 0 saturated heterocycles. The summed E-state index contributed by atoms with van der Waals surface area (Å²) in [5.41, 5.74) is 21.8. The number of furan rings is 2. The Labute approximate surface area is 719 Å². The van der Waals surface area contributed by atoms with E-state index < -0.39 is 0 Å². The van der Waals surface area contributed by atoms with Gasteiger partial charge in [-0.05, 0) is 92.8 Å². The van der Waals surface area contributed by atoms with Crippen molar-refractivity contribution in [2.45, 2.75) is 6.42 Å². The number of fused-ring (bicyclic) bond motifs is 26. The SMILES string of the molecule is Clc1nc(-c2ccccc2)c2ccc3ccccc3c2n1.c1ccc(-c2nc(-c3ccccc3)nc(-c3ccc4c(c3)Cc3c-4c4c5ccccc5oc4c4ccccc34)n2)cc1.c1ccc(-c2nc(-c3ccccc3)nc(-c3ccc4c5c6c7ccccc7oc6c6ccccc6c5n(-c5nc(-c6ccccc6)c6ccc7ccccc7c6n5)c4c3)n2)cc1. The summed E-state index contributed by atoms with van der Waals surface area (Å²) >= 11 is 6.15. The zero-order valence-electron chi connectivity index (χ0n) is 66.8. The molecular weight excluding hydrogens is 1550 g/mol. The maximum atomic E-state index is 6.76. The predicted octanol–water partition coefficient (Wildman–Crippen LogP) is 28.4. The van der Waals surface area contributed by atoms with Gasteiger partial charge in [-0.1, -0.05) is 352 Å². The van der Waals surface area contributed by atoms with E-state index in [1.807, 2.05) is 188 Å². The molecule has 18 aromatic carbocycles. The van der Waals surface area contributed by atoms with Crippen LogP contribution >= 0.6 is 11.6 Å². The Hall–Kier alpha value is -16.6. The second kappa shape index (κ2) is 30.0. The Morgan fingerprint density at radius 1 is 0.256 bits per heavy atom.